The lowest BCUT2D eigenvalue weighted by molar-refractivity contribution is 0.425. The van der Waals surface area contributed by atoms with E-state index in [1.165, 1.54) is 11.3 Å². The van der Waals surface area contributed by atoms with Gasteiger partial charge in [-0.2, -0.15) is 0 Å². The van der Waals surface area contributed by atoms with Crippen molar-refractivity contribution in [2.24, 2.45) is 0 Å². The summed E-state index contributed by atoms with van der Waals surface area (Å²) in [6.45, 7) is 0. The third kappa shape index (κ3) is 1.55. The molecule has 6 heteroatoms. The van der Waals surface area contributed by atoms with Crippen LogP contribution in [0.3, 0.4) is 0 Å². The van der Waals surface area contributed by atoms with E-state index in [4.69, 9.17) is 11.6 Å². The van der Waals surface area contributed by atoms with E-state index in [-0.39, 0.29) is 0 Å². The maximum Gasteiger partial charge on any atom is 0.490 e. The molecular weight excluding hydrogens is 238 g/mol. The largest absolute Gasteiger partial charge is 0.490 e. The van der Waals surface area contributed by atoms with Crippen LogP contribution in [0.4, 0.5) is 0 Å². The van der Waals surface area contributed by atoms with E-state index in [1.54, 1.807) is 12.1 Å². The molecule has 2 aromatic rings. The highest BCUT2D eigenvalue weighted by Gasteiger charge is 2.20. The van der Waals surface area contributed by atoms with Gasteiger partial charge in [0.15, 0.2) is 0 Å². The van der Waals surface area contributed by atoms with Crippen molar-refractivity contribution in [3.05, 3.63) is 22.5 Å². The van der Waals surface area contributed by atoms with Crippen LogP contribution in [0, 0.1) is 0 Å². The number of rotatable bonds is 1. The minimum atomic E-state index is -1.52. The molecule has 0 radical (unpaired) electrons. The van der Waals surface area contributed by atoms with Gasteiger partial charge in [-0.05, 0) is 22.9 Å². The van der Waals surface area contributed by atoms with Crippen LogP contribution in [-0.2, 0) is 0 Å². The van der Waals surface area contributed by atoms with Gasteiger partial charge in [-0.3, -0.25) is 0 Å². The standard InChI is InChI=1S/C8H6BClO2S2/c10-5-3-6(13)7(9(11)12)4-1-2-14-8(4)5/h1-3,11-13H. The van der Waals surface area contributed by atoms with Crippen molar-refractivity contribution >= 4 is 58.2 Å². The Morgan fingerprint density at radius 2 is 2.14 bits per heavy atom. The molecule has 72 valence electrons. The Hall–Kier alpha value is -0.195. The molecule has 0 atom stereocenters. The van der Waals surface area contributed by atoms with Crippen molar-refractivity contribution in [1.29, 1.82) is 0 Å². The van der Waals surface area contributed by atoms with Crippen molar-refractivity contribution in [2.75, 3.05) is 0 Å². The van der Waals surface area contributed by atoms with Gasteiger partial charge in [-0.1, -0.05) is 11.6 Å². The summed E-state index contributed by atoms with van der Waals surface area (Å²) in [5.41, 5.74) is 0.411. The predicted molar refractivity (Wildman–Crippen MR) is 63.9 cm³/mol. The van der Waals surface area contributed by atoms with Crippen molar-refractivity contribution < 1.29 is 10.0 Å². The van der Waals surface area contributed by atoms with Gasteiger partial charge < -0.3 is 10.0 Å². The smallest absolute Gasteiger partial charge is 0.423 e. The van der Waals surface area contributed by atoms with Crippen LogP contribution < -0.4 is 5.46 Å². The zero-order chi connectivity index (χ0) is 10.3. The summed E-state index contributed by atoms with van der Waals surface area (Å²) in [6.07, 6.45) is 0. The topological polar surface area (TPSA) is 40.5 Å². The summed E-state index contributed by atoms with van der Waals surface area (Å²) in [7, 11) is -1.52. The van der Waals surface area contributed by atoms with Gasteiger partial charge in [0.2, 0.25) is 0 Å². The van der Waals surface area contributed by atoms with Gasteiger partial charge in [0.1, 0.15) is 0 Å². The molecule has 0 unspecified atom stereocenters. The molecule has 0 aliphatic rings. The maximum atomic E-state index is 9.18. The monoisotopic (exact) mass is 244 g/mol. The quantitative estimate of drug-likeness (QED) is 0.526. The number of halogens is 1. The predicted octanol–water partition coefficient (Wildman–Crippen LogP) is 1.52. The Kier molecular flexibility index (Phi) is 2.77. The molecule has 0 saturated carbocycles. The fraction of sp³-hybridized carbons (Fsp3) is 0. The number of benzene rings is 1. The number of thiol groups is 1. The number of fused-ring (bicyclic) bond motifs is 1. The minimum absolute atomic E-state index is 0.411. The summed E-state index contributed by atoms with van der Waals surface area (Å²) in [4.78, 5) is 0.496. The van der Waals surface area contributed by atoms with E-state index in [2.05, 4.69) is 12.6 Å². The Morgan fingerprint density at radius 3 is 2.79 bits per heavy atom. The summed E-state index contributed by atoms with van der Waals surface area (Å²) in [6, 6.07) is 3.43. The van der Waals surface area contributed by atoms with Gasteiger partial charge in [0.25, 0.3) is 0 Å². The molecule has 2 nitrogen and oxygen atoms in total. The summed E-state index contributed by atoms with van der Waals surface area (Å²) in [5.74, 6) is 0. The molecule has 0 aliphatic heterocycles. The SMILES string of the molecule is OB(O)c1c(S)cc(Cl)c2sccc12. The molecule has 1 aromatic carbocycles. The molecule has 0 spiro atoms. The molecule has 1 heterocycles. The van der Waals surface area contributed by atoms with Gasteiger partial charge in [-0.25, -0.2) is 0 Å². The zero-order valence-corrected chi connectivity index (χ0v) is 9.40. The van der Waals surface area contributed by atoms with E-state index in [0.29, 0.717) is 15.4 Å². The third-order valence-corrected chi connectivity index (χ3v) is 3.70. The van der Waals surface area contributed by atoms with Crippen LogP contribution in [0.25, 0.3) is 10.1 Å². The average Bonchev–Trinajstić information content (AvgIpc) is 2.51. The van der Waals surface area contributed by atoms with Crippen LogP contribution in [-0.4, -0.2) is 17.2 Å². The van der Waals surface area contributed by atoms with E-state index in [1.807, 2.05) is 5.38 Å². The molecule has 2 rings (SSSR count). The zero-order valence-electron chi connectivity index (χ0n) is 6.94. The lowest BCUT2D eigenvalue weighted by Gasteiger charge is -2.06. The molecule has 0 saturated heterocycles. The van der Waals surface area contributed by atoms with Gasteiger partial charge in [0.05, 0.1) is 9.72 Å². The second-order valence-corrected chi connectivity index (χ2v) is 4.63. The highest BCUT2D eigenvalue weighted by molar-refractivity contribution is 7.80. The number of thiophene rings is 1. The first-order valence-electron chi connectivity index (χ1n) is 3.86. The fourth-order valence-corrected chi connectivity index (χ4v) is 2.98. The summed E-state index contributed by atoms with van der Waals surface area (Å²) >= 11 is 11.6. The molecule has 2 N–H and O–H groups in total. The van der Waals surface area contributed by atoms with Crippen LogP contribution in [0.5, 0.6) is 0 Å². The molecule has 0 fully saturated rings. The van der Waals surface area contributed by atoms with Crippen LogP contribution >= 0.6 is 35.6 Å². The van der Waals surface area contributed by atoms with Crippen LogP contribution in [0.1, 0.15) is 0 Å². The highest BCUT2D eigenvalue weighted by atomic mass is 35.5. The van der Waals surface area contributed by atoms with Crippen LogP contribution in [0.2, 0.25) is 5.02 Å². The van der Waals surface area contributed by atoms with E-state index in [9.17, 15) is 10.0 Å². The van der Waals surface area contributed by atoms with E-state index in [0.717, 1.165) is 10.1 Å². The van der Waals surface area contributed by atoms with Crippen LogP contribution in [0.15, 0.2) is 22.4 Å². The van der Waals surface area contributed by atoms with Crippen molar-refractivity contribution in [2.45, 2.75) is 4.90 Å². The van der Waals surface area contributed by atoms with E-state index >= 15 is 0 Å². The Morgan fingerprint density at radius 1 is 1.43 bits per heavy atom. The van der Waals surface area contributed by atoms with Crippen molar-refractivity contribution in [1.82, 2.24) is 0 Å². The summed E-state index contributed by atoms with van der Waals surface area (Å²) in [5, 5.41) is 21.6. The van der Waals surface area contributed by atoms with Crippen molar-refractivity contribution in [3.63, 3.8) is 0 Å². The molecule has 14 heavy (non-hydrogen) atoms. The minimum Gasteiger partial charge on any atom is -0.423 e. The highest BCUT2D eigenvalue weighted by Crippen LogP contribution is 2.30. The van der Waals surface area contributed by atoms with E-state index < -0.39 is 7.12 Å². The average molecular weight is 245 g/mol. The Labute approximate surface area is 95.7 Å². The Balaban J connectivity index is 2.86. The molecule has 0 amide bonds. The third-order valence-electron chi connectivity index (χ3n) is 1.97. The number of hydrogen-bond donors (Lipinski definition) is 3. The number of hydrogen-bond acceptors (Lipinski definition) is 4. The molecule has 0 bridgehead atoms. The molecule has 1 aromatic heterocycles. The maximum absolute atomic E-state index is 9.18. The van der Waals surface area contributed by atoms with Gasteiger partial charge in [-0.15, -0.1) is 24.0 Å². The normalized spacial score (nSPS) is 10.9. The first-order valence-corrected chi connectivity index (χ1v) is 5.56. The second kappa shape index (κ2) is 3.75. The fourth-order valence-electron chi connectivity index (χ4n) is 1.38. The first kappa shape index (κ1) is 10.3. The molecule has 0 aliphatic carbocycles. The summed E-state index contributed by atoms with van der Waals surface area (Å²) < 4.78 is 0.854. The first-order chi connectivity index (χ1) is 6.61. The van der Waals surface area contributed by atoms with Gasteiger partial charge in [0, 0.05) is 10.4 Å². The lowest BCUT2D eigenvalue weighted by Crippen LogP contribution is -2.31. The lowest BCUT2D eigenvalue weighted by atomic mass is 9.78. The second-order valence-electron chi connectivity index (χ2n) is 2.83. The molecular formula is C8H6BClO2S2. The Bertz CT molecular complexity index is 483. The van der Waals surface area contributed by atoms with Crippen molar-refractivity contribution in [3.8, 4) is 0 Å². The van der Waals surface area contributed by atoms with Gasteiger partial charge >= 0.3 is 7.12 Å².